The van der Waals surface area contributed by atoms with Crippen molar-refractivity contribution in [2.75, 3.05) is 60.6 Å². The van der Waals surface area contributed by atoms with Crippen molar-refractivity contribution >= 4 is 5.96 Å². The number of nitrogens with zero attached hydrogens (tertiary/aromatic N) is 2. The summed E-state index contributed by atoms with van der Waals surface area (Å²) in [5.74, 6) is 0.877. The van der Waals surface area contributed by atoms with Crippen LogP contribution in [0.25, 0.3) is 0 Å². The Kier molecular flexibility index (Phi) is 11.9. The highest BCUT2D eigenvalue weighted by molar-refractivity contribution is 5.79. The molecule has 0 saturated heterocycles. The Morgan fingerprint density at radius 2 is 1.88 bits per heavy atom. The van der Waals surface area contributed by atoms with Crippen molar-refractivity contribution in [1.82, 2.24) is 15.5 Å². The van der Waals surface area contributed by atoms with E-state index in [9.17, 15) is 0 Å². The maximum atomic E-state index is 5.86. The van der Waals surface area contributed by atoms with Crippen LogP contribution in [0.15, 0.2) is 4.99 Å². The zero-order chi connectivity index (χ0) is 19.3. The van der Waals surface area contributed by atoms with Gasteiger partial charge >= 0.3 is 0 Å². The molecular weight excluding hydrogens is 328 g/mol. The Bertz CT molecular complexity index is 382. The van der Waals surface area contributed by atoms with Gasteiger partial charge in [0.15, 0.2) is 5.96 Å². The van der Waals surface area contributed by atoms with Crippen molar-refractivity contribution in [3.63, 3.8) is 0 Å². The molecule has 1 fully saturated rings. The van der Waals surface area contributed by atoms with Crippen LogP contribution < -0.4 is 10.6 Å². The van der Waals surface area contributed by atoms with E-state index in [1.807, 2.05) is 7.05 Å². The summed E-state index contributed by atoms with van der Waals surface area (Å²) in [5, 5.41) is 7.01. The van der Waals surface area contributed by atoms with E-state index in [1.54, 1.807) is 0 Å². The Labute approximate surface area is 161 Å². The minimum absolute atomic E-state index is 0.208. The minimum atomic E-state index is 0.208. The highest BCUT2D eigenvalue weighted by Gasteiger charge is 2.33. The van der Waals surface area contributed by atoms with Gasteiger partial charge in [-0.2, -0.15) is 0 Å². The molecule has 6 nitrogen and oxygen atoms in total. The number of guanidine groups is 1. The van der Waals surface area contributed by atoms with E-state index in [4.69, 9.17) is 9.47 Å². The summed E-state index contributed by atoms with van der Waals surface area (Å²) < 4.78 is 11.5. The summed E-state index contributed by atoms with van der Waals surface area (Å²) in [6.07, 6.45) is 7.59. The third kappa shape index (κ3) is 9.19. The lowest BCUT2D eigenvalue weighted by Crippen LogP contribution is -2.46. The Morgan fingerprint density at radius 3 is 2.46 bits per heavy atom. The van der Waals surface area contributed by atoms with Crippen LogP contribution in [0.4, 0.5) is 0 Å². The van der Waals surface area contributed by atoms with Gasteiger partial charge in [0.05, 0.1) is 6.10 Å². The standard InChI is InChI=1S/C20H42N4O2/c1-6-25-15-13-20(11-8-9-12-20)17-23-19(21-3)22-16-18(26-7-2)10-14-24(4)5/h18H,6-17H2,1-5H3,(H2,21,22,23). The maximum Gasteiger partial charge on any atom is 0.191 e. The van der Waals surface area contributed by atoms with Gasteiger partial charge in [0.2, 0.25) is 0 Å². The monoisotopic (exact) mass is 370 g/mol. The predicted molar refractivity (Wildman–Crippen MR) is 110 cm³/mol. The maximum absolute atomic E-state index is 5.86. The second-order valence-corrected chi connectivity index (χ2v) is 7.63. The summed E-state index contributed by atoms with van der Waals surface area (Å²) in [6, 6.07) is 0. The highest BCUT2D eigenvalue weighted by Crippen LogP contribution is 2.40. The van der Waals surface area contributed by atoms with Crippen molar-refractivity contribution in [3.8, 4) is 0 Å². The first-order valence-corrected chi connectivity index (χ1v) is 10.3. The minimum Gasteiger partial charge on any atom is -0.382 e. The third-order valence-electron chi connectivity index (χ3n) is 5.30. The normalized spacial score (nSPS) is 18.3. The van der Waals surface area contributed by atoms with Crippen molar-refractivity contribution in [3.05, 3.63) is 0 Å². The summed E-state index contributed by atoms with van der Waals surface area (Å²) in [7, 11) is 6.03. The molecule has 154 valence electrons. The molecule has 0 amide bonds. The number of rotatable bonds is 13. The average molecular weight is 371 g/mol. The van der Waals surface area contributed by atoms with Crippen LogP contribution in [0.5, 0.6) is 0 Å². The van der Waals surface area contributed by atoms with Crippen LogP contribution in [0.3, 0.4) is 0 Å². The van der Waals surface area contributed by atoms with E-state index in [0.717, 1.165) is 58.3 Å². The molecule has 2 N–H and O–H groups in total. The van der Waals surface area contributed by atoms with Crippen molar-refractivity contribution in [2.45, 2.75) is 58.5 Å². The molecule has 1 rings (SSSR count). The largest absolute Gasteiger partial charge is 0.382 e. The van der Waals surface area contributed by atoms with Gasteiger partial charge in [-0.25, -0.2) is 0 Å². The van der Waals surface area contributed by atoms with Crippen molar-refractivity contribution < 1.29 is 9.47 Å². The molecule has 1 aliphatic carbocycles. The molecule has 0 heterocycles. The van der Waals surface area contributed by atoms with Crippen LogP contribution in [0.2, 0.25) is 0 Å². The SMILES string of the molecule is CCOCCC1(CNC(=NC)NCC(CCN(C)C)OCC)CCCC1. The molecular formula is C20H42N4O2. The fraction of sp³-hybridized carbons (Fsp3) is 0.950. The van der Waals surface area contributed by atoms with Gasteiger partial charge < -0.3 is 25.0 Å². The van der Waals surface area contributed by atoms with E-state index in [0.29, 0.717) is 5.41 Å². The van der Waals surface area contributed by atoms with Crippen LogP contribution >= 0.6 is 0 Å². The molecule has 0 aromatic heterocycles. The molecule has 6 heteroatoms. The van der Waals surface area contributed by atoms with Gasteiger partial charge in [-0.15, -0.1) is 0 Å². The van der Waals surface area contributed by atoms with Crippen molar-refractivity contribution in [2.24, 2.45) is 10.4 Å². The molecule has 1 unspecified atom stereocenters. The smallest absolute Gasteiger partial charge is 0.191 e. The summed E-state index contributed by atoms with van der Waals surface area (Å²) in [4.78, 5) is 6.60. The summed E-state index contributed by atoms with van der Waals surface area (Å²) in [6.45, 7) is 9.31. The Balaban J connectivity index is 2.44. The average Bonchev–Trinajstić information content (AvgIpc) is 3.08. The molecule has 1 aliphatic rings. The lowest BCUT2D eigenvalue weighted by atomic mass is 9.83. The van der Waals surface area contributed by atoms with Crippen LogP contribution in [-0.2, 0) is 9.47 Å². The van der Waals surface area contributed by atoms with Gasteiger partial charge in [0, 0.05) is 46.5 Å². The second kappa shape index (κ2) is 13.3. The summed E-state index contributed by atoms with van der Waals surface area (Å²) in [5.41, 5.74) is 0.358. The van der Waals surface area contributed by atoms with Gasteiger partial charge in [-0.1, -0.05) is 12.8 Å². The van der Waals surface area contributed by atoms with Crippen LogP contribution in [-0.4, -0.2) is 77.6 Å². The van der Waals surface area contributed by atoms with E-state index in [1.165, 1.54) is 25.7 Å². The molecule has 26 heavy (non-hydrogen) atoms. The van der Waals surface area contributed by atoms with E-state index in [2.05, 4.69) is 48.5 Å². The highest BCUT2D eigenvalue weighted by atomic mass is 16.5. The fourth-order valence-electron chi connectivity index (χ4n) is 3.66. The quantitative estimate of drug-likeness (QED) is 0.296. The molecule has 1 saturated carbocycles. The third-order valence-corrected chi connectivity index (χ3v) is 5.30. The first-order valence-electron chi connectivity index (χ1n) is 10.3. The van der Waals surface area contributed by atoms with Gasteiger partial charge in [0.25, 0.3) is 0 Å². The number of hydrogen-bond donors (Lipinski definition) is 2. The lowest BCUT2D eigenvalue weighted by molar-refractivity contribution is 0.0547. The zero-order valence-corrected chi connectivity index (χ0v) is 17.8. The number of aliphatic imine (C=N–C) groups is 1. The van der Waals surface area contributed by atoms with E-state index in [-0.39, 0.29) is 6.10 Å². The lowest BCUT2D eigenvalue weighted by Gasteiger charge is -2.30. The fourth-order valence-corrected chi connectivity index (χ4v) is 3.66. The molecule has 0 aromatic carbocycles. The van der Waals surface area contributed by atoms with Gasteiger partial charge in [-0.3, -0.25) is 4.99 Å². The topological polar surface area (TPSA) is 58.1 Å². The van der Waals surface area contributed by atoms with Crippen LogP contribution in [0.1, 0.15) is 52.4 Å². The van der Waals surface area contributed by atoms with Crippen LogP contribution in [0, 0.1) is 5.41 Å². The molecule has 0 aromatic rings. The molecule has 1 atom stereocenters. The molecule has 0 bridgehead atoms. The van der Waals surface area contributed by atoms with Gasteiger partial charge in [0.1, 0.15) is 0 Å². The van der Waals surface area contributed by atoms with E-state index < -0.39 is 0 Å². The Morgan fingerprint density at radius 1 is 1.15 bits per heavy atom. The van der Waals surface area contributed by atoms with Gasteiger partial charge in [-0.05, 0) is 59.0 Å². The number of ether oxygens (including phenoxy) is 2. The number of hydrogen-bond acceptors (Lipinski definition) is 4. The Hall–Kier alpha value is -0.850. The molecule has 0 spiro atoms. The predicted octanol–water partition coefficient (Wildman–Crippen LogP) is 2.50. The molecule has 0 aliphatic heterocycles. The van der Waals surface area contributed by atoms with E-state index >= 15 is 0 Å². The first kappa shape index (κ1) is 23.2. The van der Waals surface area contributed by atoms with Crippen molar-refractivity contribution in [1.29, 1.82) is 0 Å². The first-order chi connectivity index (χ1) is 12.5. The number of nitrogens with one attached hydrogen (secondary N) is 2. The zero-order valence-electron chi connectivity index (χ0n) is 17.8. The summed E-state index contributed by atoms with van der Waals surface area (Å²) >= 11 is 0. The molecule has 0 radical (unpaired) electrons. The second-order valence-electron chi connectivity index (χ2n) is 7.63.